The minimum atomic E-state index is -0.593. The van der Waals surface area contributed by atoms with E-state index in [0.717, 1.165) is 11.8 Å². The van der Waals surface area contributed by atoms with E-state index in [1.165, 1.54) is 19.2 Å². The smallest absolute Gasteiger partial charge is 0.318 e. The van der Waals surface area contributed by atoms with Crippen LogP contribution in [0.3, 0.4) is 0 Å². The predicted molar refractivity (Wildman–Crippen MR) is 77.4 cm³/mol. The molecule has 0 amide bonds. The average Bonchev–Trinajstić information content (AvgIpc) is 2.54. The van der Waals surface area contributed by atoms with E-state index < -0.39 is 5.82 Å². The summed E-state index contributed by atoms with van der Waals surface area (Å²) in [5, 5.41) is 2.81. The molecule has 1 atom stereocenters. The van der Waals surface area contributed by atoms with Crippen molar-refractivity contribution in [2.24, 2.45) is 0 Å². The highest BCUT2D eigenvalue weighted by Crippen LogP contribution is 2.16. The molecule has 0 aliphatic carbocycles. The van der Waals surface area contributed by atoms with E-state index in [1.807, 2.05) is 6.92 Å². The molecule has 0 aliphatic rings. The first kappa shape index (κ1) is 16.1. The van der Waals surface area contributed by atoms with Crippen molar-refractivity contribution in [2.75, 3.05) is 12.4 Å². The number of benzene rings is 1. The van der Waals surface area contributed by atoms with Gasteiger partial charge in [-0.3, -0.25) is 0 Å². The zero-order chi connectivity index (χ0) is 15.9. The highest BCUT2D eigenvalue weighted by atomic mass is 19.1. The molecule has 118 valence electrons. The van der Waals surface area contributed by atoms with Crippen molar-refractivity contribution in [3.63, 3.8) is 0 Å². The fraction of sp³-hybridized carbons (Fsp3) is 0.333. The number of anilines is 1. The van der Waals surface area contributed by atoms with E-state index in [9.17, 15) is 8.78 Å². The highest BCUT2D eigenvalue weighted by Gasteiger charge is 2.12. The summed E-state index contributed by atoms with van der Waals surface area (Å²) in [6, 6.07) is 5.88. The van der Waals surface area contributed by atoms with Crippen molar-refractivity contribution in [3.05, 3.63) is 47.7 Å². The van der Waals surface area contributed by atoms with Gasteiger partial charge in [0.2, 0.25) is 0 Å². The molecular formula is C15H17F2N3O2. The third kappa shape index (κ3) is 4.36. The Labute approximate surface area is 127 Å². The van der Waals surface area contributed by atoms with Crippen molar-refractivity contribution in [2.45, 2.75) is 26.2 Å². The van der Waals surface area contributed by atoms with Gasteiger partial charge in [-0.05, 0) is 24.1 Å². The second-order valence-electron chi connectivity index (χ2n) is 4.54. The van der Waals surface area contributed by atoms with E-state index in [4.69, 9.17) is 9.47 Å². The van der Waals surface area contributed by atoms with Crippen LogP contribution in [-0.4, -0.2) is 23.3 Å². The lowest BCUT2D eigenvalue weighted by molar-refractivity contribution is 0.121. The third-order valence-corrected chi connectivity index (χ3v) is 2.96. The average molecular weight is 309 g/mol. The number of methoxy groups -OCH3 is 1. The first-order valence-corrected chi connectivity index (χ1v) is 6.81. The van der Waals surface area contributed by atoms with E-state index in [2.05, 4.69) is 15.3 Å². The Morgan fingerprint density at radius 1 is 1.23 bits per heavy atom. The van der Waals surface area contributed by atoms with Gasteiger partial charge in [-0.15, -0.1) is 0 Å². The zero-order valence-electron chi connectivity index (χ0n) is 12.3. The van der Waals surface area contributed by atoms with E-state index in [-0.39, 0.29) is 30.5 Å². The summed E-state index contributed by atoms with van der Waals surface area (Å²) >= 11 is 0. The van der Waals surface area contributed by atoms with E-state index >= 15 is 0 Å². The van der Waals surface area contributed by atoms with Crippen molar-refractivity contribution >= 4 is 5.82 Å². The molecule has 0 spiro atoms. The highest BCUT2D eigenvalue weighted by molar-refractivity contribution is 5.36. The van der Waals surface area contributed by atoms with Gasteiger partial charge in [0.25, 0.3) is 0 Å². The van der Waals surface area contributed by atoms with Gasteiger partial charge < -0.3 is 14.8 Å². The number of rotatable bonds is 7. The quantitative estimate of drug-likeness (QED) is 0.796. The molecule has 1 aromatic carbocycles. The van der Waals surface area contributed by atoms with E-state index in [1.54, 1.807) is 12.1 Å². The number of nitrogens with zero attached hydrogens (tertiary/aromatic N) is 2. The first-order chi connectivity index (χ1) is 10.6. The van der Waals surface area contributed by atoms with Crippen LogP contribution < -0.4 is 10.1 Å². The molecule has 0 fully saturated rings. The summed E-state index contributed by atoms with van der Waals surface area (Å²) in [5.41, 5.74) is 0.757. The van der Waals surface area contributed by atoms with Crippen LogP contribution in [0.5, 0.6) is 6.01 Å². The number of aromatic nitrogens is 2. The number of halogens is 2. The summed E-state index contributed by atoms with van der Waals surface area (Å²) in [7, 11) is 1.52. The molecule has 0 saturated carbocycles. The van der Waals surface area contributed by atoms with Crippen LogP contribution in [0.2, 0.25) is 0 Å². The predicted octanol–water partition coefficient (Wildman–Crippen LogP) is 3.13. The molecule has 0 radical (unpaired) electrons. The van der Waals surface area contributed by atoms with Crippen LogP contribution in [0.15, 0.2) is 30.5 Å². The lowest BCUT2D eigenvalue weighted by atomic mass is 10.2. The molecule has 1 unspecified atom stereocenters. The summed E-state index contributed by atoms with van der Waals surface area (Å²) in [6.45, 7) is 2.05. The van der Waals surface area contributed by atoms with Crippen LogP contribution in [-0.2, 0) is 11.3 Å². The van der Waals surface area contributed by atoms with Gasteiger partial charge in [0.05, 0.1) is 6.20 Å². The zero-order valence-corrected chi connectivity index (χ0v) is 12.3. The third-order valence-electron chi connectivity index (χ3n) is 2.96. The van der Waals surface area contributed by atoms with Gasteiger partial charge in [0, 0.05) is 7.11 Å². The molecule has 2 rings (SSSR count). The Hall–Kier alpha value is -2.28. The summed E-state index contributed by atoms with van der Waals surface area (Å²) < 4.78 is 37.0. The van der Waals surface area contributed by atoms with Gasteiger partial charge in [0.1, 0.15) is 18.7 Å². The summed E-state index contributed by atoms with van der Waals surface area (Å²) in [5.74, 6) is -0.902. The largest absolute Gasteiger partial charge is 0.459 e. The maximum atomic E-state index is 13.7. The maximum absolute atomic E-state index is 13.7. The molecule has 0 bridgehead atoms. The van der Waals surface area contributed by atoms with Crippen LogP contribution in [0.1, 0.15) is 18.9 Å². The molecule has 1 heterocycles. The number of hydrogen-bond acceptors (Lipinski definition) is 5. The Morgan fingerprint density at radius 2 is 1.95 bits per heavy atom. The minimum Gasteiger partial charge on any atom is -0.459 e. The molecule has 1 aromatic heterocycles. The van der Waals surface area contributed by atoms with Gasteiger partial charge in [-0.1, -0.05) is 19.1 Å². The van der Waals surface area contributed by atoms with Crippen LogP contribution in [0, 0.1) is 11.6 Å². The first-order valence-electron chi connectivity index (χ1n) is 6.81. The molecule has 0 saturated heterocycles. The van der Waals surface area contributed by atoms with Gasteiger partial charge >= 0.3 is 6.01 Å². The Balaban J connectivity index is 2.03. The summed E-state index contributed by atoms with van der Waals surface area (Å²) in [4.78, 5) is 7.73. The Kier molecular flexibility index (Phi) is 5.60. The molecule has 7 heteroatoms. The SMILES string of the molecule is CCC(Nc1nc(OCc2ccc(F)cc2)ncc1F)OC. The lowest BCUT2D eigenvalue weighted by Gasteiger charge is -2.16. The van der Waals surface area contributed by atoms with E-state index in [0.29, 0.717) is 6.42 Å². The topological polar surface area (TPSA) is 56.3 Å². The molecule has 0 aliphatic heterocycles. The van der Waals surface area contributed by atoms with Gasteiger partial charge in [-0.25, -0.2) is 13.8 Å². The second kappa shape index (κ2) is 7.65. The minimum absolute atomic E-state index is 0.0119. The Morgan fingerprint density at radius 3 is 2.59 bits per heavy atom. The second-order valence-corrected chi connectivity index (χ2v) is 4.54. The number of hydrogen-bond donors (Lipinski definition) is 1. The van der Waals surface area contributed by atoms with Crippen LogP contribution >= 0.6 is 0 Å². The monoisotopic (exact) mass is 309 g/mol. The fourth-order valence-electron chi connectivity index (χ4n) is 1.73. The number of ether oxygens (including phenoxy) is 2. The molecule has 22 heavy (non-hydrogen) atoms. The van der Waals surface area contributed by atoms with Crippen molar-refractivity contribution < 1.29 is 18.3 Å². The number of nitrogens with one attached hydrogen (secondary N) is 1. The van der Waals surface area contributed by atoms with Crippen LogP contribution in [0.25, 0.3) is 0 Å². The van der Waals surface area contributed by atoms with Crippen molar-refractivity contribution in [1.82, 2.24) is 9.97 Å². The van der Waals surface area contributed by atoms with Crippen LogP contribution in [0.4, 0.5) is 14.6 Å². The Bertz CT molecular complexity index is 604. The standard InChI is InChI=1S/C15H17F2N3O2/c1-3-13(21-2)19-14-12(17)8-18-15(20-14)22-9-10-4-6-11(16)7-5-10/h4-8,13H,3,9H2,1-2H3,(H,18,19,20). The van der Waals surface area contributed by atoms with Gasteiger partial charge in [0.15, 0.2) is 11.6 Å². The maximum Gasteiger partial charge on any atom is 0.318 e. The summed E-state index contributed by atoms with van der Waals surface area (Å²) in [6.07, 6.45) is 1.32. The van der Waals surface area contributed by atoms with Crippen molar-refractivity contribution in [1.29, 1.82) is 0 Å². The lowest BCUT2D eigenvalue weighted by Crippen LogP contribution is -2.22. The van der Waals surface area contributed by atoms with Crippen molar-refractivity contribution in [3.8, 4) is 6.01 Å². The molecule has 5 nitrogen and oxygen atoms in total. The van der Waals surface area contributed by atoms with Gasteiger partial charge in [-0.2, -0.15) is 4.98 Å². The molecule has 1 N–H and O–H groups in total. The molecular weight excluding hydrogens is 292 g/mol. The fourth-order valence-corrected chi connectivity index (χ4v) is 1.73. The normalized spacial score (nSPS) is 12.0. The molecule has 2 aromatic rings.